The molecule has 2 heteroatoms. The summed E-state index contributed by atoms with van der Waals surface area (Å²) in [5.74, 6) is 1.45. The zero-order chi connectivity index (χ0) is 18.4. The van der Waals surface area contributed by atoms with Crippen LogP contribution < -0.4 is 0 Å². The molecule has 2 aromatic rings. The van der Waals surface area contributed by atoms with Crippen LogP contribution >= 0.6 is 0 Å². The number of ether oxygens (including phenoxy) is 1. The van der Waals surface area contributed by atoms with Crippen LogP contribution in [0.15, 0.2) is 42.5 Å². The standard InChI is InChI=1S/C24H31FO/c1-3-5-18-6-8-19(9-7-18)20-10-12-21(13-11-20)22-14-15-23(17-26-4-2)24(25)16-22/h10-16,18-19H,3-9,17H2,1-2H3/t18-,19-. The second kappa shape index (κ2) is 9.32. The molecule has 2 aromatic carbocycles. The molecule has 0 atom stereocenters. The summed E-state index contributed by atoms with van der Waals surface area (Å²) < 4.78 is 19.6. The fraction of sp³-hybridized carbons (Fsp3) is 0.500. The van der Waals surface area contributed by atoms with Crippen LogP contribution in [0.1, 0.15) is 69.4 Å². The minimum absolute atomic E-state index is 0.186. The van der Waals surface area contributed by atoms with Crippen LogP contribution in [0.4, 0.5) is 4.39 Å². The maximum absolute atomic E-state index is 14.2. The minimum atomic E-state index is -0.186. The van der Waals surface area contributed by atoms with E-state index in [1.165, 1.54) is 44.1 Å². The van der Waals surface area contributed by atoms with Crippen molar-refractivity contribution in [3.8, 4) is 11.1 Å². The highest BCUT2D eigenvalue weighted by Crippen LogP contribution is 2.38. The average molecular weight is 355 g/mol. The molecule has 0 aromatic heterocycles. The molecule has 1 aliphatic rings. The maximum Gasteiger partial charge on any atom is 0.129 e. The summed E-state index contributed by atoms with van der Waals surface area (Å²) in [4.78, 5) is 0. The lowest BCUT2D eigenvalue weighted by Crippen LogP contribution is -2.13. The Kier molecular flexibility index (Phi) is 6.85. The predicted octanol–water partition coefficient (Wildman–Crippen LogP) is 7.10. The van der Waals surface area contributed by atoms with Crippen molar-refractivity contribution < 1.29 is 9.13 Å². The van der Waals surface area contributed by atoms with Gasteiger partial charge in [-0.25, -0.2) is 4.39 Å². The summed E-state index contributed by atoms with van der Waals surface area (Å²) in [5, 5.41) is 0. The van der Waals surface area contributed by atoms with Gasteiger partial charge in [0.25, 0.3) is 0 Å². The molecule has 0 heterocycles. The van der Waals surface area contributed by atoms with Crippen molar-refractivity contribution in [1.82, 2.24) is 0 Å². The number of benzene rings is 2. The Hall–Kier alpha value is -1.67. The first-order valence-corrected chi connectivity index (χ1v) is 10.2. The van der Waals surface area contributed by atoms with Gasteiger partial charge in [0.1, 0.15) is 5.82 Å². The number of hydrogen-bond donors (Lipinski definition) is 0. The van der Waals surface area contributed by atoms with Crippen LogP contribution in [0.2, 0.25) is 0 Å². The van der Waals surface area contributed by atoms with Gasteiger partial charge in [-0.1, -0.05) is 56.2 Å². The highest BCUT2D eigenvalue weighted by molar-refractivity contribution is 5.64. The fourth-order valence-corrected chi connectivity index (χ4v) is 4.20. The van der Waals surface area contributed by atoms with Crippen molar-refractivity contribution in [2.45, 2.75) is 64.9 Å². The summed E-state index contributed by atoms with van der Waals surface area (Å²) in [6.45, 7) is 5.15. The third-order valence-electron chi connectivity index (χ3n) is 5.77. The first-order chi connectivity index (χ1) is 12.7. The average Bonchev–Trinajstić information content (AvgIpc) is 2.68. The minimum Gasteiger partial charge on any atom is -0.377 e. The van der Waals surface area contributed by atoms with Gasteiger partial charge < -0.3 is 4.74 Å². The van der Waals surface area contributed by atoms with Crippen LogP contribution in [0.3, 0.4) is 0 Å². The lowest BCUT2D eigenvalue weighted by atomic mass is 9.77. The Balaban J connectivity index is 1.65. The molecule has 140 valence electrons. The fourth-order valence-electron chi connectivity index (χ4n) is 4.20. The summed E-state index contributed by atoms with van der Waals surface area (Å²) in [6.07, 6.45) is 8.05. The Labute approximate surface area is 157 Å². The summed E-state index contributed by atoms with van der Waals surface area (Å²) in [5.41, 5.74) is 4.07. The molecule has 1 aliphatic carbocycles. The Morgan fingerprint density at radius 1 is 0.923 bits per heavy atom. The van der Waals surface area contributed by atoms with Crippen LogP contribution in [0, 0.1) is 11.7 Å². The Morgan fingerprint density at radius 2 is 1.62 bits per heavy atom. The van der Waals surface area contributed by atoms with Crippen molar-refractivity contribution in [2.24, 2.45) is 5.92 Å². The zero-order valence-corrected chi connectivity index (χ0v) is 16.1. The molecule has 1 fully saturated rings. The normalized spacial score (nSPS) is 20.3. The van der Waals surface area contributed by atoms with Crippen molar-refractivity contribution in [3.05, 3.63) is 59.4 Å². The molecule has 0 bridgehead atoms. The van der Waals surface area contributed by atoms with E-state index in [0.29, 0.717) is 24.7 Å². The lowest BCUT2D eigenvalue weighted by Gasteiger charge is -2.28. The van der Waals surface area contributed by atoms with E-state index in [4.69, 9.17) is 4.74 Å². The van der Waals surface area contributed by atoms with Crippen molar-refractivity contribution in [1.29, 1.82) is 0 Å². The van der Waals surface area contributed by atoms with Crippen LogP contribution in [-0.2, 0) is 11.3 Å². The maximum atomic E-state index is 14.2. The molecule has 26 heavy (non-hydrogen) atoms. The smallest absolute Gasteiger partial charge is 0.129 e. The van der Waals surface area contributed by atoms with Crippen molar-refractivity contribution in [2.75, 3.05) is 6.61 Å². The van der Waals surface area contributed by atoms with E-state index < -0.39 is 0 Å². The second-order valence-electron chi connectivity index (χ2n) is 7.57. The molecule has 0 radical (unpaired) electrons. The van der Waals surface area contributed by atoms with E-state index in [0.717, 1.165) is 17.0 Å². The summed E-state index contributed by atoms with van der Waals surface area (Å²) >= 11 is 0. The zero-order valence-electron chi connectivity index (χ0n) is 16.1. The number of rotatable bonds is 7. The van der Waals surface area contributed by atoms with Crippen LogP contribution in [0.25, 0.3) is 11.1 Å². The summed E-state index contributed by atoms with van der Waals surface area (Å²) in [6, 6.07) is 14.2. The van der Waals surface area contributed by atoms with Gasteiger partial charge in [-0.05, 0) is 67.2 Å². The Morgan fingerprint density at radius 3 is 2.23 bits per heavy atom. The third-order valence-corrected chi connectivity index (χ3v) is 5.77. The van der Waals surface area contributed by atoms with E-state index in [1.807, 2.05) is 19.1 Å². The first-order valence-electron chi connectivity index (χ1n) is 10.2. The highest BCUT2D eigenvalue weighted by Gasteiger charge is 2.21. The van der Waals surface area contributed by atoms with Gasteiger partial charge in [0.15, 0.2) is 0 Å². The van der Waals surface area contributed by atoms with Gasteiger partial charge in [-0.2, -0.15) is 0 Å². The molecule has 0 spiro atoms. The molecule has 0 saturated heterocycles. The van der Waals surface area contributed by atoms with E-state index in [1.54, 1.807) is 6.07 Å². The van der Waals surface area contributed by atoms with Crippen LogP contribution in [0.5, 0.6) is 0 Å². The quantitative estimate of drug-likeness (QED) is 0.515. The molecule has 1 saturated carbocycles. The molecule has 0 unspecified atom stereocenters. The van der Waals surface area contributed by atoms with Gasteiger partial charge in [0, 0.05) is 12.2 Å². The van der Waals surface area contributed by atoms with Crippen molar-refractivity contribution >= 4 is 0 Å². The molecule has 0 N–H and O–H groups in total. The molecular formula is C24H31FO. The predicted molar refractivity (Wildman–Crippen MR) is 107 cm³/mol. The largest absolute Gasteiger partial charge is 0.377 e. The second-order valence-corrected chi connectivity index (χ2v) is 7.57. The molecular weight excluding hydrogens is 323 g/mol. The highest BCUT2D eigenvalue weighted by atomic mass is 19.1. The lowest BCUT2D eigenvalue weighted by molar-refractivity contribution is 0.131. The van der Waals surface area contributed by atoms with Gasteiger partial charge >= 0.3 is 0 Å². The van der Waals surface area contributed by atoms with Crippen LogP contribution in [-0.4, -0.2) is 6.61 Å². The molecule has 1 nitrogen and oxygen atoms in total. The van der Waals surface area contributed by atoms with Gasteiger partial charge in [0.05, 0.1) is 6.61 Å². The first kappa shape index (κ1) is 19.1. The molecule has 0 amide bonds. The SMILES string of the molecule is CCC[C@H]1CC[C@H](c2ccc(-c3ccc(COCC)c(F)c3)cc2)CC1. The molecule has 3 rings (SSSR count). The van der Waals surface area contributed by atoms with Gasteiger partial charge in [0.2, 0.25) is 0 Å². The Bertz CT molecular complexity index is 684. The van der Waals surface area contributed by atoms with E-state index in [2.05, 4.69) is 31.2 Å². The van der Waals surface area contributed by atoms with E-state index in [9.17, 15) is 4.39 Å². The third kappa shape index (κ3) is 4.73. The van der Waals surface area contributed by atoms with Crippen molar-refractivity contribution in [3.63, 3.8) is 0 Å². The topological polar surface area (TPSA) is 9.23 Å². The number of halogens is 1. The number of hydrogen-bond acceptors (Lipinski definition) is 1. The molecule has 0 aliphatic heterocycles. The van der Waals surface area contributed by atoms with Gasteiger partial charge in [-0.15, -0.1) is 0 Å². The van der Waals surface area contributed by atoms with Gasteiger partial charge in [-0.3, -0.25) is 0 Å². The summed E-state index contributed by atoms with van der Waals surface area (Å²) in [7, 11) is 0. The van der Waals surface area contributed by atoms with E-state index >= 15 is 0 Å². The monoisotopic (exact) mass is 354 g/mol. The van der Waals surface area contributed by atoms with E-state index in [-0.39, 0.29) is 5.82 Å².